The van der Waals surface area contributed by atoms with Crippen molar-refractivity contribution in [3.63, 3.8) is 0 Å². The molecular weight excluding hydrogens is 462 g/mol. The highest BCUT2D eigenvalue weighted by Crippen LogP contribution is 2.34. The van der Waals surface area contributed by atoms with Gasteiger partial charge < -0.3 is 9.88 Å². The highest BCUT2D eigenvalue weighted by molar-refractivity contribution is 6.40. The molecule has 2 heterocycles. The Morgan fingerprint density at radius 2 is 1.84 bits per heavy atom. The molecule has 2 aromatic heterocycles. The number of alkyl halides is 3. The van der Waals surface area contributed by atoms with Gasteiger partial charge in [-0.1, -0.05) is 40.5 Å². The molecule has 8 nitrogen and oxygen atoms in total. The van der Waals surface area contributed by atoms with Crippen LogP contribution >= 0.6 is 23.2 Å². The molecule has 0 aliphatic rings. The minimum atomic E-state index is -4.82. The molecule has 31 heavy (non-hydrogen) atoms. The number of amides is 1. The molecule has 0 spiro atoms. The van der Waals surface area contributed by atoms with Crippen molar-refractivity contribution in [1.29, 1.82) is 0 Å². The summed E-state index contributed by atoms with van der Waals surface area (Å²) in [4.78, 5) is 29.7. The molecule has 0 unspecified atom stereocenters. The first kappa shape index (κ1) is 20.9. The molecule has 0 saturated carbocycles. The molecule has 0 aliphatic heterocycles. The number of anilines is 1. The summed E-state index contributed by atoms with van der Waals surface area (Å²) in [6.45, 7) is -0.467. The van der Waals surface area contributed by atoms with Gasteiger partial charge in [-0.25, -0.2) is 9.78 Å². The zero-order valence-electron chi connectivity index (χ0n) is 15.1. The minimum Gasteiger partial charge on any atom is -0.320 e. The number of fused-ring (bicyclic) bond motifs is 1. The summed E-state index contributed by atoms with van der Waals surface area (Å²) < 4.78 is 46.1. The van der Waals surface area contributed by atoms with Crippen LogP contribution in [0.15, 0.2) is 45.7 Å². The molecule has 0 saturated heterocycles. The predicted octanol–water partition coefficient (Wildman–Crippen LogP) is 4.34. The second kappa shape index (κ2) is 7.75. The first-order valence-electron chi connectivity index (χ1n) is 8.52. The van der Waals surface area contributed by atoms with E-state index in [1.165, 1.54) is 30.3 Å². The molecule has 0 radical (unpaired) electrons. The Kier molecular flexibility index (Phi) is 5.23. The number of nitrogens with one attached hydrogen (secondary N) is 2. The molecule has 0 fully saturated rings. The number of halogens is 5. The van der Waals surface area contributed by atoms with Crippen LogP contribution in [0.25, 0.3) is 11.0 Å². The van der Waals surface area contributed by atoms with E-state index in [4.69, 9.17) is 23.2 Å². The number of benzene rings is 2. The summed E-state index contributed by atoms with van der Waals surface area (Å²) in [5.74, 6) is -3.00. The molecule has 13 heteroatoms. The maximum atomic E-state index is 13.6. The van der Waals surface area contributed by atoms with Crippen molar-refractivity contribution < 1.29 is 22.5 Å². The van der Waals surface area contributed by atoms with Gasteiger partial charge in [0.25, 0.3) is 5.91 Å². The van der Waals surface area contributed by atoms with Crippen LogP contribution in [-0.2, 0) is 12.7 Å². The Morgan fingerprint density at radius 1 is 1.16 bits per heavy atom. The molecule has 0 atom stereocenters. The van der Waals surface area contributed by atoms with Gasteiger partial charge in [0, 0.05) is 0 Å². The van der Waals surface area contributed by atoms with E-state index in [9.17, 15) is 22.8 Å². The molecule has 4 aromatic rings. The zero-order valence-corrected chi connectivity index (χ0v) is 16.6. The largest absolute Gasteiger partial charge is 0.449 e. The maximum Gasteiger partial charge on any atom is 0.449 e. The summed E-state index contributed by atoms with van der Waals surface area (Å²) in [7, 11) is 0. The van der Waals surface area contributed by atoms with Crippen LogP contribution in [-0.4, -0.2) is 25.6 Å². The van der Waals surface area contributed by atoms with Gasteiger partial charge in [-0.2, -0.15) is 13.2 Å². The number of hydrogen-bond donors (Lipinski definition) is 2. The van der Waals surface area contributed by atoms with Crippen molar-refractivity contribution in [2.75, 3.05) is 5.32 Å². The fourth-order valence-corrected chi connectivity index (χ4v) is 3.57. The molecule has 2 N–H and O–H groups in total. The van der Waals surface area contributed by atoms with Crippen LogP contribution < -0.4 is 11.1 Å². The number of rotatable bonds is 4. The average Bonchev–Trinajstić information content (AvgIpc) is 3.26. The summed E-state index contributed by atoms with van der Waals surface area (Å²) in [6.07, 6.45) is -4.82. The Morgan fingerprint density at radius 3 is 2.45 bits per heavy atom. The van der Waals surface area contributed by atoms with E-state index in [-0.39, 0.29) is 38.2 Å². The Balaban J connectivity index is 1.81. The van der Waals surface area contributed by atoms with E-state index in [1.54, 1.807) is 6.07 Å². The van der Waals surface area contributed by atoms with Crippen LogP contribution in [0.3, 0.4) is 0 Å². The lowest BCUT2D eigenvalue weighted by atomic mass is 10.2. The number of carbonyl (C=O) groups excluding carboxylic acids is 1. The number of hydrogen-bond acceptors (Lipinski definition) is 5. The first-order chi connectivity index (χ1) is 14.6. The monoisotopic (exact) mass is 471 g/mol. The molecule has 0 bridgehead atoms. The molecule has 4 rings (SSSR count). The van der Waals surface area contributed by atoms with E-state index < -0.39 is 30.2 Å². The fraction of sp³-hybridized carbons (Fsp3) is 0.111. The third kappa shape index (κ3) is 4.01. The number of imidazole rings is 1. The van der Waals surface area contributed by atoms with Gasteiger partial charge in [0.1, 0.15) is 5.52 Å². The third-order valence-electron chi connectivity index (χ3n) is 4.26. The lowest BCUT2D eigenvalue weighted by molar-refractivity contribution is -0.146. The van der Waals surface area contributed by atoms with Gasteiger partial charge in [-0.15, -0.1) is 0 Å². The summed E-state index contributed by atoms with van der Waals surface area (Å²) in [6, 6.07) is 8.67. The van der Waals surface area contributed by atoms with Gasteiger partial charge in [0.15, 0.2) is 5.82 Å². The van der Waals surface area contributed by atoms with Gasteiger partial charge in [-0.05, 0) is 24.3 Å². The van der Waals surface area contributed by atoms with E-state index in [0.717, 1.165) is 4.57 Å². The van der Waals surface area contributed by atoms with Crippen LogP contribution in [0.1, 0.15) is 22.0 Å². The number of para-hydroxylation sites is 1. The lowest BCUT2D eigenvalue weighted by Crippen LogP contribution is -2.16. The molecule has 2 aromatic carbocycles. The Bertz CT molecular complexity index is 1340. The normalized spacial score (nSPS) is 11.8. The van der Waals surface area contributed by atoms with Crippen molar-refractivity contribution in [1.82, 2.24) is 19.7 Å². The number of H-pyrrole nitrogens is 1. The predicted molar refractivity (Wildman–Crippen MR) is 105 cm³/mol. The second-order valence-electron chi connectivity index (χ2n) is 6.29. The number of carbonyl (C=O) groups is 1. The van der Waals surface area contributed by atoms with Gasteiger partial charge in [-0.3, -0.25) is 14.3 Å². The van der Waals surface area contributed by atoms with Crippen LogP contribution in [0.4, 0.5) is 18.9 Å². The van der Waals surface area contributed by atoms with Gasteiger partial charge >= 0.3 is 11.9 Å². The SMILES string of the molecule is O=C(Nc1cccc2c1nc(C(F)(F)F)n2Cc1noc(=O)[nH]1)c1c(Cl)cccc1Cl. The highest BCUT2D eigenvalue weighted by atomic mass is 35.5. The van der Waals surface area contributed by atoms with E-state index >= 15 is 0 Å². The van der Waals surface area contributed by atoms with E-state index in [0.29, 0.717) is 0 Å². The first-order valence-corrected chi connectivity index (χ1v) is 9.27. The fourth-order valence-electron chi connectivity index (χ4n) is 3.00. The van der Waals surface area contributed by atoms with Crippen molar-refractivity contribution in [2.45, 2.75) is 12.7 Å². The van der Waals surface area contributed by atoms with E-state index in [1.807, 2.05) is 0 Å². The zero-order chi connectivity index (χ0) is 22.3. The highest BCUT2D eigenvalue weighted by Gasteiger charge is 2.38. The summed E-state index contributed by atoms with van der Waals surface area (Å²) in [5, 5.41) is 6.05. The van der Waals surface area contributed by atoms with Crippen molar-refractivity contribution in [2.24, 2.45) is 0 Å². The Hall–Kier alpha value is -3.31. The molecular formula is C18H10Cl2F3N5O3. The summed E-state index contributed by atoms with van der Waals surface area (Å²) in [5.41, 5.74) is -0.105. The van der Waals surface area contributed by atoms with Crippen LogP contribution in [0.2, 0.25) is 10.0 Å². The van der Waals surface area contributed by atoms with Crippen LogP contribution in [0.5, 0.6) is 0 Å². The third-order valence-corrected chi connectivity index (χ3v) is 4.89. The second-order valence-corrected chi connectivity index (χ2v) is 7.10. The maximum absolute atomic E-state index is 13.6. The van der Waals surface area contributed by atoms with Gasteiger partial charge in [0.05, 0.1) is 33.4 Å². The van der Waals surface area contributed by atoms with E-state index in [2.05, 4.69) is 25.0 Å². The summed E-state index contributed by atoms with van der Waals surface area (Å²) >= 11 is 12.1. The quantitative estimate of drug-likeness (QED) is 0.460. The smallest absolute Gasteiger partial charge is 0.320 e. The number of nitrogens with zero attached hydrogens (tertiary/aromatic N) is 3. The van der Waals surface area contributed by atoms with Crippen LogP contribution in [0, 0.1) is 0 Å². The minimum absolute atomic E-state index is 0.0105. The number of aromatic amines is 1. The van der Waals surface area contributed by atoms with Crippen molar-refractivity contribution in [3.05, 3.63) is 74.2 Å². The van der Waals surface area contributed by atoms with Crippen molar-refractivity contribution >= 4 is 45.8 Å². The average molecular weight is 472 g/mol. The topological polar surface area (TPSA) is 106 Å². The molecule has 1 amide bonds. The molecule has 160 valence electrons. The van der Waals surface area contributed by atoms with Gasteiger partial charge in [0.2, 0.25) is 5.82 Å². The standard InChI is InChI=1S/C18H10Cl2F3N5O3/c19-8-3-1-4-9(20)13(8)15(29)24-10-5-2-6-11-14(10)26-16(18(21,22)23)28(11)7-12-25-17(30)31-27-12/h1-6H,7H2,(H,24,29)(H,25,27,30). The Labute approximate surface area is 180 Å². The number of aromatic nitrogens is 4. The van der Waals surface area contributed by atoms with Crippen molar-refractivity contribution in [3.8, 4) is 0 Å². The molecule has 0 aliphatic carbocycles. The lowest BCUT2D eigenvalue weighted by Gasteiger charge is -2.10.